The summed E-state index contributed by atoms with van der Waals surface area (Å²) in [6, 6.07) is 7.27. The zero-order valence-corrected chi connectivity index (χ0v) is 13.5. The second kappa shape index (κ2) is 8.59. The van der Waals surface area contributed by atoms with E-state index in [2.05, 4.69) is 22.4 Å². The Morgan fingerprint density at radius 3 is 2.67 bits per heavy atom. The summed E-state index contributed by atoms with van der Waals surface area (Å²) in [6.07, 6.45) is 3.44. The molecule has 0 saturated carbocycles. The van der Waals surface area contributed by atoms with E-state index < -0.39 is 0 Å². The number of nitrogens with one attached hydrogen (secondary N) is 1. The van der Waals surface area contributed by atoms with E-state index in [9.17, 15) is 4.79 Å². The zero-order chi connectivity index (χ0) is 14.4. The maximum absolute atomic E-state index is 11.9. The number of carbonyl (C=O) groups is 1. The van der Waals surface area contributed by atoms with Crippen molar-refractivity contribution in [3.05, 3.63) is 34.8 Å². The van der Waals surface area contributed by atoms with Crippen LogP contribution in [0.15, 0.2) is 24.3 Å². The van der Waals surface area contributed by atoms with Gasteiger partial charge < -0.3 is 11.1 Å². The first-order valence-corrected chi connectivity index (χ1v) is 7.45. The molecule has 0 aliphatic carbocycles. The Kier molecular flexibility index (Phi) is 7.11. The average molecular weight is 327 g/mol. The van der Waals surface area contributed by atoms with Gasteiger partial charge in [-0.3, -0.25) is 4.79 Å². The number of hydrogen-bond acceptors (Lipinski definition) is 5. The lowest BCUT2D eigenvalue weighted by Gasteiger charge is -2.02. The van der Waals surface area contributed by atoms with Crippen LogP contribution in [0.4, 0.5) is 10.8 Å². The topological polar surface area (TPSA) is 80.9 Å². The molecule has 0 unspecified atom stereocenters. The van der Waals surface area contributed by atoms with Gasteiger partial charge in [-0.1, -0.05) is 36.8 Å². The highest BCUT2D eigenvalue weighted by atomic mass is 35.5. The fraction of sp³-hybridized carbons (Fsp3) is 0.357. The standard InChI is InChI=1S/C14H18N4OS.ClH/c1-2-3-4-13-17-18-14(20-13)16-12(19)9-10-5-7-11(15)8-6-10;/h5-8H,2-4,9,15H2,1H3,(H,16,18,19);1H. The Balaban J connectivity index is 0.00000220. The minimum Gasteiger partial charge on any atom is -0.399 e. The minimum atomic E-state index is -0.0898. The van der Waals surface area contributed by atoms with Gasteiger partial charge in [0.2, 0.25) is 11.0 Å². The van der Waals surface area contributed by atoms with Crippen molar-refractivity contribution in [1.82, 2.24) is 10.2 Å². The lowest BCUT2D eigenvalue weighted by atomic mass is 10.1. The number of rotatable bonds is 6. The number of nitrogens with zero attached hydrogens (tertiary/aromatic N) is 2. The van der Waals surface area contributed by atoms with Crippen molar-refractivity contribution < 1.29 is 4.79 Å². The number of aromatic nitrogens is 2. The molecule has 21 heavy (non-hydrogen) atoms. The summed E-state index contributed by atoms with van der Waals surface area (Å²) in [5.74, 6) is -0.0898. The third-order valence-electron chi connectivity index (χ3n) is 2.80. The molecule has 1 aromatic carbocycles. The molecule has 0 bridgehead atoms. The second-order valence-electron chi connectivity index (χ2n) is 4.57. The number of amides is 1. The van der Waals surface area contributed by atoms with Gasteiger partial charge in [-0.25, -0.2) is 0 Å². The Labute approximate surface area is 134 Å². The van der Waals surface area contributed by atoms with Crippen LogP contribution < -0.4 is 11.1 Å². The molecule has 1 amide bonds. The second-order valence-corrected chi connectivity index (χ2v) is 5.63. The van der Waals surface area contributed by atoms with Crippen LogP contribution in [0, 0.1) is 0 Å². The molecule has 2 rings (SSSR count). The number of benzene rings is 1. The smallest absolute Gasteiger partial charge is 0.230 e. The highest BCUT2D eigenvalue weighted by Gasteiger charge is 2.08. The fourth-order valence-electron chi connectivity index (χ4n) is 1.72. The molecule has 5 nitrogen and oxygen atoms in total. The number of carbonyl (C=O) groups excluding carboxylic acids is 1. The van der Waals surface area contributed by atoms with Crippen molar-refractivity contribution in [1.29, 1.82) is 0 Å². The molecule has 3 N–H and O–H groups in total. The summed E-state index contributed by atoms with van der Waals surface area (Å²) >= 11 is 1.44. The van der Waals surface area contributed by atoms with Crippen molar-refractivity contribution in [2.45, 2.75) is 32.6 Å². The van der Waals surface area contributed by atoms with Crippen LogP contribution in [0.1, 0.15) is 30.3 Å². The van der Waals surface area contributed by atoms with Crippen LogP contribution in [0.2, 0.25) is 0 Å². The number of halogens is 1. The van der Waals surface area contributed by atoms with E-state index in [4.69, 9.17) is 5.73 Å². The summed E-state index contributed by atoms with van der Waals surface area (Å²) in [4.78, 5) is 11.9. The van der Waals surface area contributed by atoms with Crippen molar-refractivity contribution in [3.63, 3.8) is 0 Å². The summed E-state index contributed by atoms with van der Waals surface area (Å²) in [7, 11) is 0. The first-order chi connectivity index (χ1) is 9.67. The summed E-state index contributed by atoms with van der Waals surface area (Å²) in [5, 5.41) is 12.4. The van der Waals surface area contributed by atoms with E-state index in [1.54, 1.807) is 12.1 Å². The van der Waals surface area contributed by atoms with Gasteiger partial charge in [-0.2, -0.15) is 0 Å². The first kappa shape index (κ1) is 17.4. The van der Waals surface area contributed by atoms with Gasteiger partial charge >= 0.3 is 0 Å². The van der Waals surface area contributed by atoms with Crippen molar-refractivity contribution in [2.75, 3.05) is 11.1 Å². The molecule has 0 fully saturated rings. The lowest BCUT2D eigenvalue weighted by Crippen LogP contribution is -2.14. The number of nitrogen functional groups attached to an aromatic ring is 1. The number of unbranched alkanes of at least 4 members (excludes halogenated alkanes) is 1. The van der Waals surface area contributed by atoms with E-state index in [1.807, 2.05) is 12.1 Å². The van der Waals surface area contributed by atoms with Crippen LogP contribution in [0.3, 0.4) is 0 Å². The van der Waals surface area contributed by atoms with Crippen LogP contribution in [-0.2, 0) is 17.6 Å². The molecule has 7 heteroatoms. The van der Waals surface area contributed by atoms with Crippen LogP contribution in [-0.4, -0.2) is 16.1 Å². The quantitative estimate of drug-likeness (QED) is 0.799. The normalized spacial score (nSPS) is 9.95. The highest BCUT2D eigenvalue weighted by Crippen LogP contribution is 2.17. The molecule has 0 atom stereocenters. The Bertz CT molecular complexity index is 571. The summed E-state index contributed by atoms with van der Waals surface area (Å²) < 4.78 is 0. The molecule has 1 aromatic heterocycles. The molecular formula is C14H19ClN4OS. The minimum absolute atomic E-state index is 0. The monoisotopic (exact) mass is 326 g/mol. The molecule has 114 valence electrons. The summed E-state index contributed by atoms with van der Waals surface area (Å²) in [5.41, 5.74) is 7.22. The predicted octanol–water partition coefficient (Wildman–Crippen LogP) is 3.07. The third-order valence-corrected chi connectivity index (χ3v) is 3.70. The first-order valence-electron chi connectivity index (χ1n) is 6.64. The molecule has 2 aromatic rings. The fourth-order valence-corrected chi connectivity index (χ4v) is 2.52. The molecule has 0 saturated heterocycles. The molecule has 0 radical (unpaired) electrons. The van der Waals surface area contributed by atoms with Gasteiger partial charge in [-0.05, 0) is 24.1 Å². The number of anilines is 2. The predicted molar refractivity (Wildman–Crippen MR) is 89.0 cm³/mol. The molecule has 0 spiro atoms. The SMILES string of the molecule is CCCCc1nnc(NC(=O)Cc2ccc(N)cc2)s1.Cl. The van der Waals surface area contributed by atoms with E-state index in [0.717, 1.165) is 29.8 Å². The Morgan fingerprint density at radius 2 is 2.00 bits per heavy atom. The largest absolute Gasteiger partial charge is 0.399 e. The van der Waals surface area contributed by atoms with E-state index in [0.29, 0.717) is 17.2 Å². The van der Waals surface area contributed by atoms with Gasteiger partial charge in [0.25, 0.3) is 0 Å². The average Bonchev–Trinajstić information content (AvgIpc) is 2.86. The summed E-state index contributed by atoms with van der Waals surface area (Å²) in [6.45, 7) is 2.14. The maximum atomic E-state index is 11.9. The molecule has 0 aliphatic rings. The molecule has 1 heterocycles. The van der Waals surface area contributed by atoms with E-state index >= 15 is 0 Å². The van der Waals surface area contributed by atoms with E-state index in [-0.39, 0.29) is 18.3 Å². The van der Waals surface area contributed by atoms with E-state index in [1.165, 1.54) is 11.3 Å². The van der Waals surface area contributed by atoms with Gasteiger partial charge in [0.05, 0.1) is 6.42 Å². The Morgan fingerprint density at radius 1 is 1.29 bits per heavy atom. The van der Waals surface area contributed by atoms with Crippen LogP contribution >= 0.6 is 23.7 Å². The van der Waals surface area contributed by atoms with Crippen molar-refractivity contribution >= 4 is 40.5 Å². The number of aryl methyl sites for hydroxylation is 1. The van der Waals surface area contributed by atoms with Crippen molar-refractivity contribution in [3.8, 4) is 0 Å². The molecular weight excluding hydrogens is 308 g/mol. The molecule has 0 aliphatic heterocycles. The number of hydrogen-bond donors (Lipinski definition) is 2. The Hall–Kier alpha value is -1.66. The van der Waals surface area contributed by atoms with Crippen LogP contribution in [0.5, 0.6) is 0 Å². The number of nitrogens with two attached hydrogens (primary N) is 1. The van der Waals surface area contributed by atoms with Gasteiger partial charge in [0.15, 0.2) is 0 Å². The lowest BCUT2D eigenvalue weighted by molar-refractivity contribution is -0.115. The van der Waals surface area contributed by atoms with Gasteiger partial charge in [0, 0.05) is 12.1 Å². The van der Waals surface area contributed by atoms with Crippen molar-refractivity contribution in [2.24, 2.45) is 0 Å². The van der Waals surface area contributed by atoms with Gasteiger partial charge in [-0.15, -0.1) is 22.6 Å². The zero-order valence-electron chi connectivity index (χ0n) is 11.8. The third kappa shape index (κ3) is 5.69. The van der Waals surface area contributed by atoms with Crippen LogP contribution in [0.25, 0.3) is 0 Å². The van der Waals surface area contributed by atoms with Gasteiger partial charge in [0.1, 0.15) is 5.01 Å². The maximum Gasteiger partial charge on any atom is 0.230 e. The highest BCUT2D eigenvalue weighted by molar-refractivity contribution is 7.15.